The smallest absolute Gasteiger partial charge is 0.404 e. The molecule has 7 nitrogen and oxygen atoms in total. The predicted molar refractivity (Wildman–Crippen MR) is 95.6 cm³/mol. The molecular weight excluding hydrogens is 322 g/mol. The highest BCUT2D eigenvalue weighted by molar-refractivity contribution is 5.71. The van der Waals surface area contributed by atoms with Crippen LogP contribution in [0.4, 0.5) is 16.2 Å². The molecule has 0 aliphatic rings. The van der Waals surface area contributed by atoms with Crippen LogP contribution < -0.4 is 5.73 Å². The van der Waals surface area contributed by atoms with Crippen LogP contribution in [0.3, 0.4) is 0 Å². The number of isocyanates is 2. The van der Waals surface area contributed by atoms with Gasteiger partial charge in [-0.2, -0.15) is 9.98 Å². The second kappa shape index (κ2) is 13.7. The molecule has 0 saturated carbocycles. The molecule has 1 atom stereocenters. The maximum Gasteiger partial charge on any atom is 0.404 e. The topological polar surface area (TPSA) is 111 Å². The van der Waals surface area contributed by atoms with Gasteiger partial charge in [-0.05, 0) is 30.9 Å². The summed E-state index contributed by atoms with van der Waals surface area (Å²) >= 11 is 0. The number of aliphatic imine (C=N–C) groups is 2. The van der Waals surface area contributed by atoms with Crippen LogP contribution in [-0.2, 0) is 14.3 Å². The highest BCUT2D eigenvalue weighted by atomic mass is 16.5. The van der Waals surface area contributed by atoms with Crippen LogP contribution in [0.2, 0.25) is 0 Å². The Balaban J connectivity index is 0.000000463. The van der Waals surface area contributed by atoms with Crippen LogP contribution in [0.5, 0.6) is 0 Å². The van der Waals surface area contributed by atoms with Crippen molar-refractivity contribution in [3.05, 3.63) is 23.8 Å². The fourth-order valence-electron chi connectivity index (χ4n) is 2.07. The van der Waals surface area contributed by atoms with E-state index in [1.54, 1.807) is 25.1 Å². The number of benzene rings is 1. The van der Waals surface area contributed by atoms with Crippen molar-refractivity contribution in [2.45, 2.75) is 46.5 Å². The second-order valence-corrected chi connectivity index (χ2v) is 5.40. The Morgan fingerprint density at radius 3 is 2.44 bits per heavy atom. The highest BCUT2D eigenvalue weighted by Crippen LogP contribution is 2.30. The number of unbranched alkanes of at least 4 members (excludes halogenated alkanes) is 1. The molecule has 0 radical (unpaired) electrons. The minimum atomic E-state index is -0.662. The molecule has 25 heavy (non-hydrogen) atoms. The number of hydrogen-bond acceptors (Lipinski definition) is 6. The Labute approximate surface area is 148 Å². The van der Waals surface area contributed by atoms with E-state index in [4.69, 9.17) is 10.5 Å². The van der Waals surface area contributed by atoms with Gasteiger partial charge < -0.3 is 10.5 Å². The first-order valence-corrected chi connectivity index (χ1v) is 8.17. The van der Waals surface area contributed by atoms with Crippen molar-refractivity contribution >= 4 is 29.6 Å². The zero-order chi connectivity index (χ0) is 19.1. The van der Waals surface area contributed by atoms with Gasteiger partial charge in [0.15, 0.2) is 0 Å². The molecule has 1 aromatic carbocycles. The maximum atomic E-state index is 10.3. The largest absolute Gasteiger partial charge is 0.449 e. The van der Waals surface area contributed by atoms with Gasteiger partial charge in [-0.1, -0.05) is 45.2 Å². The summed E-state index contributed by atoms with van der Waals surface area (Å²) in [6, 6.07) is 5.06. The molecule has 1 amide bonds. The number of rotatable bonds is 8. The third-order valence-electron chi connectivity index (χ3n) is 3.54. The zero-order valence-corrected chi connectivity index (χ0v) is 14.9. The molecule has 0 aromatic heterocycles. The van der Waals surface area contributed by atoms with Crippen LogP contribution in [0.25, 0.3) is 0 Å². The summed E-state index contributed by atoms with van der Waals surface area (Å²) in [5.41, 5.74) is 6.32. The third-order valence-corrected chi connectivity index (χ3v) is 3.54. The molecule has 1 aromatic rings. The summed E-state index contributed by atoms with van der Waals surface area (Å²) in [6.45, 7) is 6.50. The molecule has 7 heteroatoms. The SMILES string of the molecule is CCCCC(CC)COC(N)=O.Cc1cccc(N=C=O)c1N=C=O. The molecule has 1 rings (SSSR count). The molecular formula is C18H25N3O4. The quantitative estimate of drug-likeness (QED) is 0.560. The minimum Gasteiger partial charge on any atom is -0.449 e. The summed E-state index contributed by atoms with van der Waals surface area (Å²) in [7, 11) is 0. The van der Waals surface area contributed by atoms with Gasteiger partial charge in [-0.15, -0.1) is 0 Å². The Hall–Kier alpha value is -2.75. The standard InChI is InChI=1S/C9H6N2O2.C9H19NO2/c1-7-3-2-4-8(10-5-12)9(7)11-6-13;1-3-5-6-8(4-2)7-12-9(10)11/h2-4H,1H3;8H,3-7H2,1-2H3,(H2,10,11). The van der Waals surface area contributed by atoms with Gasteiger partial charge in [-0.3, -0.25) is 0 Å². The molecule has 2 N–H and O–H groups in total. The minimum absolute atomic E-state index is 0.332. The Morgan fingerprint density at radius 2 is 1.92 bits per heavy atom. The third kappa shape index (κ3) is 9.87. The number of nitrogens with two attached hydrogens (primary N) is 1. The lowest BCUT2D eigenvalue weighted by atomic mass is 10.0. The van der Waals surface area contributed by atoms with E-state index in [0.29, 0.717) is 23.9 Å². The zero-order valence-electron chi connectivity index (χ0n) is 14.9. The number of nitrogens with zero attached hydrogens (tertiary/aromatic N) is 2. The van der Waals surface area contributed by atoms with Crippen molar-refractivity contribution in [1.29, 1.82) is 0 Å². The normalized spacial score (nSPS) is 10.4. The van der Waals surface area contributed by atoms with Crippen LogP contribution in [-0.4, -0.2) is 24.9 Å². The Bertz CT molecular complexity index is 633. The molecule has 0 fully saturated rings. The van der Waals surface area contributed by atoms with Gasteiger partial charge in [0, 0.05) is 0 Å². The fraction of sp³-hybridized carbons (Fsp3) is 0.500. The average molecular weight is 347 g/mol. The lowest BCUT2D eigenvalue weighted by molar-refractivity contribution is 0.132. The first-order chi connectivity index (χ1) is 12.0. The molecule has 0 heterocycles. The van der Waals surface area contributed by atoms with Crippen molar-refractivity contribution < 1.29 is 19.1 Å². The molecule has 0 saturated heterocycles. The lowest BCUT2D eigenvalue weighted by Crippen LogP contribution is -2.18. The van der Waals surface area contributed by atoms with Gasteiger partial charge in [0.05, 0.1) is 6.61 Å². The number of para-hydroxylation sites is 1. The summed E-state index contributed by atoms with van der Waals surface area (Å²) in [4.78, 5) is 37.2. The van der Waals surface area contributed by atoms with E-state index in [-0.39, 0.29) is 0 Å². The van der Waals surface area contributed by atoms with E-state index in [9.17, 15) is 14.4 Å². The van der Waals surface area contributed by atoms with Crippen molar-refractivity contribution in [3.8, 4) is 0 Å². The number of ether oxygens (including phenoxy) is 1. The lowest BCUT2D eigenvalue weighted by Gasteiger charge is -2.12. The number of aryl methyl sites for hydroxylation is 1. The van der Waals surface area contributed by atoms with Gasteiger partial charge in [0.1, 0.15) is 11.4 Å². The predicted octanol–water partition coefficient (Wildman–Crippen LogP) is 4.23. The van der Waals surface area contributed by atoms with Crippen molar-refractivity contribution in [3.63, 3.8) is 0 Å². The van der Waals surface area contributed by atoms with Gasteiger partial charge in [-0.25, -0.2) is 14.4 Å². The summed E-state index contributed by atoms with van der Waals surface area (Å²) in [6.07, 6.45) is 6.70. The summed E-state index contributed by atoms with van der Waals surface area (Å²) in [5, 5.41) is 0. The van der Waals surface area contributed by atoms with Gasteiger partial charge in [0.2, 0.25) is 12.2 Å². The number of amides is 1. The number of primary amides is 1. The number of carbonyl (C=O) groups is 1. The molecule has 0 aliphatic carbocycles. The van der Waals surface area contributed by atoms with Crippen LogP contribution in [0.15, 0.2) is 28.2 Å². The summed E-state index contributed by atoms with van der Waals surface area (Å²) < 4.78 is 4.73. The Morgan fingerprint density at radius 1 is 1.24 bits per heavy atom. The molecule has 0 aliphatic heterocycles. The first kappa shape index (κ1) is 22.2. The van der Waals surface area contributed by atoms with Crippen LogP contribution >= 0.6 is 0 Å². The first-order valence-electron chi connectivity index (χ1n) is 8.17. The molecule has 136 valence electrons. The average Bonchev–Trinajstić information content (AvgIpc) is 2.59. The van der Waals surface area contributed by atoms with Crippen LogP contribution in [0, 0.1) is 12.8 Å². The van der Waals surface area contributed by atoms with Crippen LogP contribution in [0.1, 0.15) is 45.1 Å². The van der Waals surface area contributed by atoms with E-state index in [1.807, 2.05) is 0 Å². The molecule has 0 spiro atoms. The Kier molecular flexibility index (Phi) is 12.2. The van der Waals surface area contributed by atoms with Gasteiger partial charge in [0.25, 0.3) is 0 Å². The van der Waals surface area contributed by atoms with E-state index in [2.05, 4.69) is 23.8 Å². The van der Waals surface area contributed by atoms with E-state index in [0.717, 1.165) is 18.4 Å². The highest BCUT2D eigenvalue weighted by Gasteiger charge is 2.07. The number of carbonyl (C=O) groups excluding carboxylic acids is 3. The maximum absolute atomic E-state index is 10.3. The number of hydrogen-bond donors (Lipinski definition) is 1. The second-order valence-electron chi connectivity index (χ2n) is 5.40. The monoisotopic (exact) mass is 347 g/mol. The summed E-state index contributed by atoms with van der Waals surface area (Å²) in [5.74, 6) is 0.484. The van der Waals surface area contributed by atoms with E-state index in [1.165, 1.54) is 25.0 Å². The van der Waals surface area contributed by atoms with E-state index >= 15 is 0 Å². The van der Waals surface area contributed by atoms with Crippen molar-refractivity contribution in [1.82, 2.24) is 0 Å². The van der Waals surface area contributed by atoms with E-state index < -0.39 is 6.09 Å². The fourth-order valence-corrected chi connectivity index (χ4v) is 2.07. The van der Waals surface area contributed by atoms with Gasteiger partial charge >= 0.3 is 6.09 Å². The molecule has 0 bridgehead atoms. The van der Waals surface area contributed by atoms with Crippen molar-refractivity contribution in [2.24, 2.45) is 21.6 Å². The molecule has 1 unspecified atom stereocenters. The van der Waals surface area contributed by atoms with Crippen molar-refractivity contribution in [2.75, 3.05) is 6.61 Å².